The maximum absolute atomic E-state index is 7.09. The topological polar surface area (TPSA) is 0 Å². The van der Waals surface area contributed by atoms with Gasteiger partial charge in [0.15, 0.2) is 0 Å². The van der Waals surface area contributed by atoms with Crippen molar-refractivity contribution in [2.45, 2.75) is 39.0 Å². The Labute approximate surface area is 214 Å². The lowest BCUT2D eigenvalue weighted by atomic mass is 9.82. The van der Waals surface area contributed by atoms with Crippen LogP contribution < -0.4 is 0 Å². The van der Waals surface area contributed by atoms with Crippen molar-refractivity contribution >= 4 is 28.3 Å². The van der Waals surface area contributed by atoms with Crippen LogP contribution in [0.3, 0.4) is 0 Å². The maximum atomic E-state index is 7.09. The predicted molar refractivity (Wildman–Crippen MR) is 151 cm³/mol. The molecule has 3 aromatic carbocycles. The van der Waals surface area contributed by atoms with E-state index in [1.807, 2.05) is 18.2 Å². The van der Waals surface area contributed by atoms with Crippen LogP contribution in [0.1, 0.15) is 55.9 Å². The van der Waals surface area contributed by atoms with E-state index in [4.69, 9.17) is 11.6 Å². The van der Waals surface area contributed by atoms with Gasteiger partial charge in [0.2, 0.25) is 0 Å². The van der Waals surface area contributed by atoms with Crippen LogP contribution in [0.15, 0.2) is 109 Å². The molecule has 0 unspecified atom stereocenters. The summed E-state index contributed by atoms with van der Waals surface area (Å²) < 4.78 is 0. The lowest BCUT2D eigenvalue weighted by Gasteiger charge is -2.23. The van der Waals surface area contributed by atoms with Crippen LogP contribution in [0.5, 0.6) is 0 Å². The summed E-state index contributed by atoms with van der Waals surface area (Å²) in [4.78, 5) is 0. The van der Waals surface area contributed by atoms with Gasteiger partial charge in [0.25, 0.3) is 0 Å². The van der Waals surface area contributed by atoms with Gasteiger partial charge in [-0.1, -0.05) is 117 Å². The second-order valence-electron chi connectivity index (χ2n) is 10.1. The van der Waals surface area contributed by atoms with Gasteiger partial charge in [-0.3, -0.25) is 0 Å². The first-order chi connectivity index (χ1) is 16.9. The van der Waals surface area contributed by atoms with E-state index < -0.39 is 0 Å². The standard InChI is InChI=1S/C34H29Cl/c1-34(2,3)30-22-31(28-18-14-26(15-19-28)24-10-6-4-7-11-24)33(35)32(23-30)29-20-16-27(17-21-29)25-12-8-5-9-13-25/h4,6-8,10-14,16-18,20-23H,5,9H2,1-3H3. The summed E-state index contributed by atoms with van der Waals surface area (Å²) in [6.07, 6.45) is 13.2. The summed E-state index contributed by atoms with van der Waals surface area (Å²) in [5.74, 6) is 0. The first-order valence-corrected chi connectivity index (χ1v) is 12.6. The van der Waals surface area contributed by atoms with Gasteiger partial charge in [0.1, 0.15) is 0 Å². The van der Waals surface area contributed by atoms with Crippen LogP contribution in [0.2, 0.25) is 5.02 Å². The van der Waals surface area contributed by atoms with E-state index in [0.29, 0.717) is 0 Å². The third-order valence-electron chi connectivity index (χ3n) is 6.59. The van der Waals surface area contributed by atoms with Crippen LogP contribution in [0.25, 0.3) is 27.8 Å². The number of benzene rings is 3. The Kier molecular flexibility index (Phi) is 6.38. The Morgan fingerprint density at radius 3 is 1.97 bits per heavy atom. The fraction of sp³-hybridized carbons (Fsp3) is 0.176. The number of hydrogen-bond acceptors (Lipinski definition) is 0. The molecule has 0 nitrogen and oxygen atoms in total. The lowest BCUT2D eigenvalue weighted by molar-refractivity contribution is 0.590. The SMILES string of the molecule is CC(C)(C)c1cc(C2=C=C=C(c3ccccc3)C=C2)c(Cl)c(-c2ccc(C3=CCCC=C3)cc2)c1. The zero-order valence-corrected chi connectivity index (χ0v) is 21.3. The number of allylic oxidation sites excluding steroid dienone is 8. The molecule has 0 atom stereocenters. The second kappa shape index (κ2) is 9.61. The van der Waals surface area contributed by atoms with Crippen molar-refractivity contribution < 1.29 is 0 Å². The summed E-state index contributed by atoms with van der Waals surface area (Å²) in [5.41, 5.74) is 16.8. The van der Waals surface area contributed by atoms with E-state index in [0.717, 1.165) is 51.3 Å². The molecule has 0 fully saturated rings. The monoisotopic (exact) mass is 472 g/mol. The molecule has 0 aliphatic heterocycles. The maximum Gasteiger partial charge on any atom is 0.0569 e. The van der Waals surface area contributed by atoms with Gasteiger partial charge in [0, 0.05) is 22.3 Å². The van der Waals surface area contributed by atoms with Gasteiger partial charge in [-0.05, 0) is 70.4 Å². The molecule has 2 aliphatic carbocycles. The fourth-order valence-electron chi connectivity index (χ4n) is 4.46. The summed E-state index contributed by atoms with van der Waals surface area (Å²) >= 11 is 7.09. The lowest BCUT2D eigenvalue weighted by Crippen LogP contribution is -2.12. The molecule has 0 heterocycles. The second-order valence-corrected chi connectivity index (χ2v) is 10.5. The predicted octanol–water partition coefficient (Wildman–Crippen LogP) is 9.83. The zero-order chi connectivity index (χ0) is 24.4. The molecule has 0 saturated heterocycles. The highest BCUT2D eigenvalue weighted by molar-refractivity contribution is 6.35. The van der Waals surface area contributed by atoms with Gasteiger partial charge in [-0.25, -0.2) is 0 Å². The van der Waals surface area contributed by atoms with Crippen molar-refractivity contribution in [3.63, 3.8) is 0 Å². The number of rotatable bonds is 4. The molecule has 0 N–H and O–H groups in total. The molecule has 35 heavy (non-hydrogen) atoms. The first kappa shape index (κ1) is 23.2. The Bertz CT molecular complexity index is 1460. The van der Waals surface area contributed by atoms with Crippen LogP contribution in [0, 0.1) is 0 Å². The Morgan fingerprint density at radius 1 is 0.686 bits per heavy atom. The summed E-state index contributed by atoms with van der Waals surface area (Å²) in [5, 5.41) is 0.750. The van der Waals surface area contributed by atoms with Crippen molar-refractivity contribution in [2.24, 2.45) is 0 Å². The van der Waals surface area contributed by atoms with Crippen molar-refractivity contribution in [1.82, 2.24) is 0 Å². The molecule has 0 radical (unpaired) electrons. The van der Waals surface area contributed by atoms with E-state index >= 15 is 0 Å². The van der Waals surface area contributed by atoms with Gasteiger partial charge in [0.05, 0.1) is 5.02 Å². The minimum absolute atomic E-state index is 0.0145. The normalized spacial score (nSPS) is 15.0. The quantitative estimate of drug-likeness (QED) is 0.331. The van der Waals surface area contributed by atoms with Gasteiger partial charge in [-0.15, -0.1) is 0 Å². The summed E-state index contributed by atoms with van der Waals surface area (Å²) in [6, 6.07) is 23.5. The van der Waals surface area contributed by atoms with Crippen molar-refractivity contribution in [3.8, 4) is 11.1 Å². The molecule has 5 rings (SSSR count). The third kappa shape index (κ3) is 4.97. The first-order valence-electron chi connectivity index (χ1n) is 12.2. The highest BCUT2D eigenvalue weighted by atomic mass is 35.5. The average molecular weight is 473 g/mol. The molecule has 0 saturated carbocycles. The Hall–Kier alpha value is -3.53. The molecule has 0 bridgehead atoms. The Morgan fingerprint density at radius 2 is 1.34 bits per heavy atom. The van der Waals surface area contributed by atoms with E-state index in [1.165, 1.54) is 16.7 Å². The molecule has 172 valence electrons. The number of hydrogen-bond donors (Lipinski definition) is 0. The van der Waals surface area contributed by atoms with E-state index in [1.54, 1.807) is 0 Å². The molecule has 0 spiro atoms. The molecule has 1 heteroatoms. The van der Waals surface area contributed by atoms with E-state index in [2.05, 4.69) is 111 Å². The average Bonchev–Trinajstić information content (AvgIpc) is 2.89. The highest BCUT2D eigenvalue weighted by Crippen LogP contribution is 2.40. The summed E-state index contributed by atoms with van der Waals surface area (Å²) in [7, 11) is 0. The van der Waals surface area contributed by atoms with Crippen LogP contribution >= 0.6 is 11.6 Å². The van der Waals surface area contributed by atoms with Gasteiger partial charge >= 0.3 is 0 Å². The highest BCUT2D eigenvalue weighted by Gasteiger charge is 2.20. The molecule has 2 aliphatic rings. The van der Waals surface area contributed by atoms with E-state index in [9.17, 15) is 0 Å². The van der Waals surface area contributed by atoms with Crippen molar-refractivity contribution in [3.05, 3.63) is 136 Å². The molecular formula is C34H29Cl. The number of halogens is 1. The van der Waals surface area contributed by atoms with Gasteiger partial charge < -0.3 is 0 Å². The largest absolute Gasteiger partial charge is 0.0836 e. The molecule has 3 aromatic rings. The molecular weight excluding hydrogens is 444 g/mol. The third-order valence-corrected chi connectivity index (χ3v) is 6.99. The van der Waals surface area contributed by atoms with Crippen LogP contribution in [-0.4, -0.2) is 0 Å². The summed E-state index contributed by atoms with van der Waals surface area (Å²) in [6.45, 7) is 6.72. The van der Waals surface area contributed by atoms with Crippen molar-refractivity contribution in [2.75, 3.05) is 0 Å². The van der Waals surface area contributed by atoms with Crippen LogP contribution in [0.4, 0.5) is 0 Å². The van der Waals surface area contributed by atoms with Gasteiger partial charge in [-0.2, -0.15) is 0 Å². The fourth-order valence-corrected chi connectivity index (χ4v) is 4.78. The smallest absolute Gasteiger partial charge is 0.0569 e. The van der Waals surface area contributed by atoms with E-state index in [-0.39, 0.29) is 5.41 Å². The van der Waals surface area contributed by atoms with Crippen LogP contribution in [-0.2, 0) is 5.41 Å². The molecule has 0 aromatic heterocycles. The Balaban J connectivity index is 1.61. The zero-order valence-electron chi connectivity index (χ0n) is 20.5. The minimum Gasteiger partial charge on any atom is -0.0836 e. The van der Waals surface area contributed by atoms with Crippen molar-refractivity contribution in [1.29, 1.82) is 0 Å². The molecule has 0 amide bonds. The minimum atomic E-state index is -0.0145.